The molecule has 5 aromatic rings. The van der Waals surface area contributed by atoms with E-state index >= 15 is 0 Å². The second-order valence-electron chi connectivity index (χ2n) is 6.72. The molecule has 2 aromatic heterocycles. The van der Waals surface area contributed by atoms with Crippen LogP contribution in [0.4, 0.5) is 0 Å². The SMILES string of the molecule is Clc1ccc(CON=Cc2c(-c3ccc4ccccc4c3)nc3sccn23)cc1Cl. The quantitative estimate of drug-likeness (QED) is 0.211. The van der Waals surface area contributed by atoms with E-state index in [1.165, 1.54) is 10.8 Å². The first-order chi connectivity index (χ1) is 14.7. The zero-order valence-electron chi connectivity index (χ0n) is 15.6. The van der Waals surface area contributed by atoms with Crippen LogP contribution in [0.2, 0.25) is 10.0 Å². The Balaban J connectivity index is 1.45. The molecule has 0 atom stereocenters. The zero-order chi connectivity index (χ0) is 20.5. The number of fused-ring (bicyclic) bond motifs is 2. The standard InChI is InChI=1S/C23H15Cl2N3OS/c24-19-8-5-15(11-20(19)25)14-29-26-13-21-22(27-23-28(21)9-10-30-23)18-7-6-16-3-1-2-4-17(16)12-18/h1-13H,14H2. The summed E-state index contributed by atoms with van der Waals surface area (Å²) in [6, 6.07) is 20.0. The first-order valence-corrected chi connectivity index (χ1v) is 10.9. The van der Waals surface area contributed by atoms with Crippen LogP contribution >= 0.6 is 34.5 Å². The van der Waals surface area contributed by atoms with Crippen LogP contribution in [-0.2, 0) is 11.4 Å². The monoisotopic (exact) mass is 451 g/mol. The minimum absolute atomic E-state index is 0.296. The topological polar surface area (TPSA) is 38.9 Å². The van der Waals surface area contributed by atoms with Gasteiger partial charge in [0, 0.05) is 17.1 Å². The molecule has 0 saturated heterocycles. The van der Waals surface area contributed by atoms with E-state index in [9.17, 15) is 0 Å². The summed E-state index contributed by atoms with van der Waals surface area (Å²) in [5.74, 6) is 0. The highest BCUT2D eigenvalue weighted by Gasteiger charge is 2.14. The molecule has 30 heavy (non-hydrogen) atoms. The van der Waals surface area contributed by atoms with Crippen molar-refractivity contribution in [1.82, 2.24) is 9.38 Å². The molecule has 0 spiro atoms. The van der Waals surface area contributed by atoms with Gasteiger partial charge in [0.05, 0.1) is 27.6 Å². The molecule has 0 N–H and O–H groups in total. The van der Waals surface area contributed by atoms with Crippen LogP contribution in [0.3, 0.4) is 0 Å². The fourth-order valence-corrected chi connectivity index (χ4v) is 4.35. The number of aromatic nitrogens is 2. The van der Waals surface area contributed by atoms with Crippen molar-refractivity contribution in [2.75, 3.05) is 0 Å². The van der Waals surface area contributed by atoms with Crippen molar-refractivity contribution >= 4 is 56.5 Å². The number of hydrogen-bond acceptors (Lipinski definition) is 4. The van der Waals surface area contributed by atoms with Crippen molar-refractivity contribution in [1.29, 1.82) is 0 Å². The lowest BCUT2D eigenvalue weighted by Crippen LogP contribution is -1.93. The van der Waals surface area contributed by atoms with E-state index in [-0.39, 0.29) is 0 Å². The Bertz CT molecular complexity index is 1390. The summed E-state index contributed by atoms with van der Waals surface area (Å²) in [5.41, 5.74) is 3.67. The van der Waals surface area contributed by atoms with E-state index in [4.69, 9.17) is 33.0 Å². The van der Waals surface area contributed by atoms with Crippen molar-refractivity contribution in [2.45, 2.75) is 6.61 Å². The number of imidazole rings is 1. The summed E-state index contributed by atoms with van der Waals surface area (Å²) >= 11 is 13.6. The van der Waals surface area contributed by atoms with Crippen molar-refractivity contribution in [3.63, 3.8) is 0 Å². The lowest BCUT2D eigenvalue weighted by atomic mass is 10.0. The maximum absolute atomic E-state index is 6.05. The van der Waals surface area contributed by atoms with Gasteiger partial charge in [-0.15, -0.1) is 11.3 Å². The number of oxime groups is 1. The van der Waals surface area contributed by atoms with Crippen LogP contribution in [-0.4, -0.2) is 15.6 Å². The molecule has 0 aliphatic heterocycles. The van der Waals surface area contributed by atoms with Gasteiger partial charge in [-0.3, -0.25) is 4.40 Å². The Hall–Kier alpha value is -2.86. The Morgan fingerprint density at radius 2 is 1.87 bits per heavy atom. The van der Waals surface area contributed by atoms with Gasteiger partial charge < -0.3 is 4.84 Å². The predicted molar refractivity (Wildman–Crippen MR) is 125 cm³/mol. The third kappa shape index (κ3) is 3.67. The molecular formula is C23H15Cl2N3OS. The van der Waals surface area contributed by atoms with Gasteiger partial charge in [0.25, 0.3) is 0 Å². The van der Waals surface area contributed by atoms with Crippen LogP contribution in [0.15, 0.2) is 77.4 Å². The first kappa shape index (κ1) is 19.1. The number of nitrogens with zero attached hydrogens (tertiary/aromatic N) is 3. The number of benzene rings is 3. The molecule has 0 unspecified atom stereocenters. The molecule has 2 heterocycles. The molecular weight excluding hydrogens is 437 g/mol. The van der Waals surface area contributed by atoms with E-state index in [1.54, 1.807) is 29.7 Å². The van der Waals surface area contributed by atoms with Gasteiger partial charge in [-0.25, -0.2) is 4.98 Å². The molecule has 3 aromatic carbocycles. The molecule has 0 aliphatic carbocycles. The minimum atomic E-state index is 0.296. The lowest BCUT2D eigenvalue weighted by Gasteiger charge is -2.04. The fourth-order valence-electron chi connectivity index (χ4n) is 3.30. The summed E-state index contributed by atoms with van der Waals surface area (Å²) in [6.45, 7) is 0.296. The van der Waals surface area contributed by atoms with E-state index in [1.807, 2.05) is 34.2 Å². The van der Waals surface area contributed by atoms with E-state index in [2.05, 4.69) is 35.5 Å². The minimum Gasteiger partial charge on any atom is -0.391 e. The number of hydrogen-bond donors (Lipinski definition) is 0. The second-order valence-corrected chi connectivity index (χ2v) is 8.41. The van der Waals surface area contributed by atoms with Crippen LogP contribution in [0.1, 0.15) is 11.3 Å². The third-order valence-corrected chi connectivity index (χ3v) is 6.28. The molecule has 5 rings (SSSR count). The average Bonchev–Trinajstić information content (AvgIpc) is 3.35. The zero-order valence-corrected chi connectivity index (χ0v) is 18.0. The highest BCUT2D eigenvalue weighted by Crippen LogP contribution is 2.28. The van der Waals surface area contributed by atoms with Crippen molar-refractivity contribution in [3.05, 3.63) is 93.5 Å². The normalized spacial score (nSPS) is 11.7. The maximum Gasteiger partial charge on any atom is 0.194 e. The number of rotatable bonds is 5. The van der Waals surface area contributed by atoms with Crippen molar-refractivity contribution in [3.8, 4) is 11.3 Å². The maximum atomic E-state index is 6.05. The summed E-state index contributed by atoms with van der Waals surface area (Å²) in [5, 5.41) is 9.56. The Kier molecular flexibility index (Phi) is 5.17. The van der Waals surface area contributed by atoms with Crippen LogP contribution < -0.4 is 0 Å². The Labute approximate surface area is 187 Å². The Morgan fingerprint density at radius 3 is 2.73 bits per heavy atom. The van der Waals surface area contributed by atoms with Gasteiger partial charge in [0.15, 0.2) is 4.96 Å². The van der Waals surface area contributed by atoms with E-state index in [0.717, 1.165) is 27.5 Å². The summed E-state index contributed by atoms with van der Waals surface area (Å²) < 4.78 is 2.02. The van der Waals surface area contributed by atoms with Gasteiger partial charge in [0.1, 0.15) is 6.61 Å². The van der Waals surface area contributed by atoms with Gasteiger partial charge in [0.2, 0.25) is 0 Å². The van der Waals surface area contributed by atoms with E-state index in [0.29, 0.717) is 16.7 Å². The molecule has 4 nitrogen and oxygen atoms in total. The van der Waals surface area contributed by atoms with Gasteiger partial charge in [-0.2, -0.15) is 0 Å². The van der Waals surface area contributed by atoms with Crippen LogP contribution in [0.25, 0.3) is 27.0 Å². The lowest BCUT2D eigenvalue weighted by molar-refractivity contribution is 0.132. The molecule has 0 amide bonds. The van der Waals surface area contributed by atoms with E-state index < -0.39 is 0 Å². The van der Waals surface area contributed by atoms with Crippen LogP contribution in [0, 0.1) is 0 Å². The van der Waals surface area contributed by atoms with Crippen molar-refractivity contribution in [2.24, 2.45) is 5.16 Å². The summed E-state index contributed by atoms with van der Waals surface area (Å²) in [4.78, 5) is 11.2. The first-order valence-electron chi connectivity index (χ1n) is 9.23. The highest BCUT2D eigenvalue weighted by molar-refractivity contribution is 7.15. The average molecular weight is 452 g/mol. The molecule has 0 saturated carbocycles. The third-order valence-electron chi connectivity index (χ3n) is 4.79. The largest absolute Gasteiger partial charge is 0.391 e. The molecule has 7 heteroatoms. The molecule has 0 bridgehead atoms. The summed E-state index contributed by atoms with van der Waals surface area (Å²) in [6.07, 6.45) is 3.69. The van der Waals surface area contributed by atoms with Crippen LogP contribution in [0.5, 0.6) is 0 Å². The number of thiazole rings is 1. The highest BCUT2D eigenvalue weighted by atomic mass is 35.5. The Morgan fingerprint density at radius 1 is 1.00 bits per heavy atom. The predicted octanol–water partition coefficient (Wildman–Crippen LogP) is 7.07. The second kappa shape index (κ2) is 8.11. The number of halogens is 2. The van der Waals surface area contributed by atoms with Crippen molar-refractivity contribution < 1.29 is 4.84 Å². The molecule has 0 radical (unpaired) electrons. The molecule has 0 fully saturated rings. The summed E-state index contributed by atoms with van der Waals surface area (Å²) in [7, 11) is 0. The van der Waals surface area contributed by atoms with Gasteiger partial charge >= 0.3 is 0 Å². The van der Waals surface area contributed by atoms with Gasteiger partial charge in [-0.05, 0) is 34.5 Å². The van der Waals surface area contributed by atoms with Gasteiger partial charge in [-0.1, -0.05) is 70.8 Å². The smallest absolute Gasteiger partial charge is 0.194 e. The fraction of sp³-hybridized carbons (Fsp3) is 0.0435. The molecule has 0 aliphatic rings. The molecule has 148 valence electrons.